The van der Waals surface area contributed by atoms with Crippen LogP contribution in [0.25, 0.3) is 0 Å². The van der Waals surface area contributed by atoms with Crippen molar-refractivity contribution in [1.29, 1.82) is 0 Å². The maximum absolute atomic E-state index is 5.40. The summed E-state index contributed by atoms with van der Waals surface area (Å²) in [4.78, 5) is 4.43. The quantitative estimate of drug-likeness (QED) is 0.546. The van der Waals surface area contributed by atoms with Crippen LogP contribution in [0, 0.1) is 6.92 Å². The van der Waals surface area contributed by atoms with Crippen molar-refractivity contribution in [2.75, 3.05) is 10.6 Å². The molecule has 1 aromatic heterocycles. The van der Waals surface area contributed by atoms with E-state index in [9.17, 15) is 0 Å². The zero-order valence-electron chi connectivity index (χ0n) is 14.9. The van der Waals surface area contributed by atoms with Gasteiger partial charge in [-0.2, -0.15) is 0 Å². The van der Waals surface area contributed by atoms with E-state index in [0.717, 1.165) is 17.2 Å². The van der Waals surface area contributed by atoms with Gasteiger partial charge in [-0.3, -0.25) is 0 Å². The van der Waals surface area contributed by atoms with Crippen LogP contribution < -0.4 is 16.0 Å². The van der Waals surface area contributed by atoms with E-state index in [2.05, 4.69) is 59.0 Å². The van der Waals surface area contributed by atoms with Gasteiger partial charge in [-0.05, 0) is 55.9 Å². The number of hydrogen-bond donors (Lipinski definition) is 3. The van der Waals surface area contributed by atoms with Gasteiger partial charge in [-0.15, -0.1) is 0 Å². The number of rotatable bonds is 5. The molecule has 2 aromatic carbocycles. The van der Waals surface area contributed by atoms with Gasteiger partial charge in [0.15, 0.2) is 5.11 Å². The highest BCUT2D eigenvalue weighted by Crippen LogP contribution is 2.17. The minimum Gasteiger partial charge on any atom is -0.356 e. The molecular weight excluding hydrogens is 340 g/mol. The molecule has 1 atom stereocenters. The Hall–Kier alpha value is -2.92. The van der Waals surface area contributed by atoms with Crippen molar-refractivity contribution in [2.45, 2.75) is 19.9 Å². The summed E-state index contributed by atoms with van der Waals surface area (Å²) in [5, 5.41) is 10.3. The van der Waals surface area contributed by atoms with E-state index in [1.165, 1.54) is 11.1 Å². The molecule has 5 heteroatoms. The highest BCUT2D eigenvalue weighted by molar-refractivity contribution is 7.80. The SMILES string of the molecule is Cc1ccc(Nc2ccc(NC(=S)NC(C)c3ccccc3)cn2)cc1. The van der Waals surface area contributed by atoms with Gasteiger partial charge in [0.1, 0.15) is 5.82 Å². The number of hydrogen-bond acceptors (Lipinski definition) is 3. The van der Waals surface area contributed by atoms with Crippen LogP contribution in [0.2, 0.25) is 0 Å². The molecule has 0 fully saturated rings. The number of anilines is 3. The minimum atomic E-state index is 0.131. The van der Waals surface area contributed by atoms with Gasteiger partial charge in [0.25, 0.3) is 0 Å². The van der Waals surface area contributed by atoms with Crippen LogP contribution in [-0.2, 0) is 0 Å². The second-order valence-corrected chi connectivity index (χ2v) is 6.56. The summed E-state index contributed by atoms with van der Waals surface area (Å²) in [6, 6.07) is 22.4. The number of benzene rings is 2. The maximum Gasteiger partial charge on any atom is 0.171 e. The molecule has 0 bridgehead atoms. The van der Waals surface area contributed by atoms with Gasteiger partial charge < -0.3 is 16.0 Å². The van der Waals surface area contributed by atoms with Crippen LogP contribution in [0.15, 0.2) is 72.9 Å². The molecule has 0 aliphatic heterocycles. The lowest BCUT2D eigenvalue weighted by Crippen LogP contribution is -2.30. The first kappa shape index (κ1) is 17.9. The lowest BCUT2D eigenvalue weighted by molar-refractivity contribution is 0.722. The van der Waals surface area contributed by atoms with Crippen molar-refractivity contribution in [2.24, 2.45) is 0 Å². The summed E-state index contributed by atoms with van der Waals surface area (Å²) in [5.74, 6) is 0.788. The third-order valence-electron chi connectivity index (χ3n) is 3.99. The lowest BCUT2D eigenvalue weighted by Gasteiger charge is -2.17. The monoisotopic (exact) mass is 362 g/mol. The molecule has 1 unspecified atom stereocenters. The van der Waals surface area contributed by atoms with Crippen LogP contribution in [0.1, 0.15) is 24.1 Å². The molecule has 1 heterocycles. The molecule has 0 amide bonds. The molecule has 0 spiro atoms. The number of pyridine rings is 1. The summed E-state index contributed by atoms with van der Waals surface area (Å²) in [5.41, 5.74) is 4.27. The molecule has 0 radical (unpaired) electrons. The van der Waals surface area contributed by atoms with Crippen molar-refractivity contribution in [3.8, 4) is 0 Å². The predicted molar refractivity (Wildman–Crippen MR) is 113 cm³/mol. The largest absolute Gasteiger partial charge is 0.356 e. The predicted octanol–water partition coefficient (Wildman–Crippen LogP) is 5.18. The van der Waals surface area contributed by atoms with Crippen LogP contribution in [-0.4, -0.2) is 10.1 Å². The fourth-order valence-corrected chi connectivity index (χ4v) is 2.81. The van der Waals surface area contributed by atoms with E-state index in [-0.39, 0.29) is 6.04 Å². The van der Waals surface area contributed by atoms with E-state index < -0.39 is 0 Å². The van der Waals surface area contributed by atoms with Gasteiger partial charge in [-0.25, -0.2) is 4.98 Å². The lowest BCUT2D eigenvalue weighted by atomic mass is 10.1. The molecule has 3 aromatic rings. The van der Waals surface area contributed by atoms with E-state index in [1.807, 2.05) is 42.5 Å². The Labute approximate surface area is 159 Å². The van der Waals surface area contributed by atoms with E-state index >= 15 is 0 Å². The number of nitrogens with zero attached hydrogens (tertiary/aromatic N) is 1. The zero-order chi connectivity index (χ0) is 18.4. The number of aryl methyl sites for hydroxylation is 1. The number of thiocarbonyl (C=S) groups is 1. The molecule has 3 rings (SSSR count). The highest BCUT2D eigenvalue weighted by atomic mass is 32.1. The third kappa shape index (κ3) is 5.04. The Bertz CT molecular complexity index is 845. The molecule has 0 saturated carbocycles. The average molecular weight is 363 g/mol. The van der Waals surface area contributed by atoms with E-state index in [0.29, 0.717) is 5.11 Å². The normalized spacial score (nSPS) is 11.5. The fraction of sp³-hybridized carbons (Fsp3) is 0.143. The Morgan fingerprint density at radius 2 is 1.62 bits per heavy atom. The summed E-state index contributed by atoms with van der Waals surface area (Å²) in [7, 11) is 0. The smallest absolute Gasteiger partial charge is 0.171 e. The Morgan fingerprint density at radius 3 is 2.27 bits per heavy atom. The highest BCUT2D eigenvalue weighted by Gasteiger charge is 2.06. The first-order valence-electron chi connectivity index (χ1n) is 8.52. The molecular formula is C21H22N4S. The third-order valence-corrected chi connectivity index (χ3v) is 4.21. The molecule has 3 N–H and O–H groups in total. The second kappa shape index (κ2) is 8.45. The number of nitrogens with one attached hydrogen (secondary N) is 3. The maximum atomic E-state index is 5.40. The van der Waals surface area contributed by atoms with Crippen molar-refractivity contribution in [3.63, 3.8) is 0 Å². The van der Waals surface area contributed by atoms with Gasteiger partial charge >= 0.3 is 0 Å². The topological polar surface area (TPSA) is 49.0 Å². The van der Waals surface area contributed by atoms with Crippen molar-refractivity contribution >= 4 is 34.5 Å². The van der Waals surface area contributed by atoms with Crippen LogP contribution in [0.5, 0.6) is 0 Å². The Morgan fingerprint density at radius 1 is 0.923 bits per heavy atom. The fourth-order valence-electron chi connectivity index (χ4n) is 2.52. The first-order valence-corrected chi connectivity index (χ1v) is 8.93. The van der Waals surface area contributed by atoms with Crippen molar-refractivity contribution < 1.29 is 0 Å². The van der Waals surface area contributed by atoms with Gasteiger partial charge in [0, 0.05) is 5.69 Å². The molecule has 0 saturated heterocycles. The molecule has 132 valence electrons. The van der Waals surface area contributed by atoms with Crippen LogP contribution in [0.3, 0.4) is 0 Å². The molecule has 0 aliphatic rings. The summed E-state index contributed by atoms with van der Waals surface area (Å²) in [6.07, 6.45) is 1.76. The van der Waals surface area contributed by atoms with Crippen LogP contribution >= 0.6 is 12.2 Å². The molecule has 0 aliphatic carbocycles. The van der Waals surface area contributed by atoms with Gasteiger partial charge in [0.05, 0.1) is 17.9 Å². The standard InChI is InChI=1S/C21H22N4S/c1-15-8-10-18(11-9-15)24-20-13-12-19(14-22-20)25-21(26)23-16(2)17-6-4-3-5-7-17/h3-14,16H,1-2H3,(H,22,24)(H2,23,25,26). The van der Waals surface area contributed by atoms with Crippen molar-refractivity contribution in [1.82, 2.24) is 10.3 Å². The second-order valence-electron chi connectivity index (χ2n) is 6.15. The van der Waals surface area contributed by atoms with Crippen molar-refractivity contribution in [3.05, 3.63) is 84.1 Å². The first-order chi connectivity index (χ1) is 12.6. The average Bonchev–Trinajstić information content (AvgIpc) is 2.66. The molecule has 4 nitrogen and oxygen atoms in total. The minimum absolute atomic E-state index is 0.131. The van der Waals surface area contributed by atoms with E-state index in [4.69, 9.17) is 12.2 Å². The van der Waals surface area contributed by atoms with Gasteiger partial charge in [-0.1, -0.05) is 48.0 Å². The van der Waals surface area contributed by atoms with Crippen LogP contribution in [0.4, 0.5) is 17.2 Å². The Kier molecular flexibility index (Phi) is 5.81. The van der Waals surface area contributed by atoms with E-state index in [1.54, 1.807) is 6.20 Å². The number of aromatic nitrogens is 1. The Balaban J connectivity index is 1.55. The van der Waals surface area contributed by atoms with Gasteiger partial charge in [0.2, 0.25) is 0 Å². The zero-order valence-corrected chi connectivity index (χ0v) is 15.7. The summed E-state index contributed by atoms with van der Waals surface area (Å²) < 4.78 is 0. The summed E-state index contributed by atoms with van der Waals surface area (Å²) >= 11 is 5.40. The molecule has 26 heavy (non-hydrogen) atoms. The summed E-state index contributed by atoms with van der Waals surface area (Å²) in [6.45, 7) is 4.15.